The van der Waals surface area contributed by atoms with Crippen molar-refractivity contribution in [1.82, 2.24) is 9.80 Å². The highest BCUT2D eigenvalue weighted by molar-refractivity contribution is 5.77. The first-order valence-electron chi connectivity index (χ1n) is 13.3. The van der Waals surface area contributed by atoms with Gasteiger partial charge in [0, 0.05) is 38.6 Å². The van der Waals surface area contributed by atoms with E-state index in [4.69, 9.17) is 15.2 Å². The van der Waals surface area contributed by atoms with E-state index in [0.29, 0.717) is 26.0 Å². The van der Waals surface area contributed by atoms with Gasteiger partial charge in [0.05, 0.1) is 19.3 Å². The number of morpholine rings is 1. The zero-order valence-corrected chi connectivity index (χ0v) is 20.6. The summed E-state index contributed by atoms with van der Waals surface area (Å²) in [4.78, 5) is 16.9. The van der Waals surface area contributed by atoms with Gasteiger partial charge in [-0.1, -0.05) is 31.4 Å². The largest absolute Gasteiger partial charge is 0.492 e. The van der Waals surface area contributed by atoms with Crippen LogP contribution in [0.5, 0.6) is 5.75 Å². The number of rotatable bonds is 11. The summed E-state index contributed by atoms with van der Waals surface area (Å²) in [5.41, 5.74) is 6.76. The van der Waals surface area contributed by atoms with E-state index in [2.05, 4.69) is 9.80 Å². The average molecular weight is 474 g/mol. The third kappa shape index (κ3) is 7.67. The van der Waals surface area contributed by atoms with Crippen LogP contribution in [0.25, 0.3) is 0 Å². The SMILES string of the molecule is NC(=O)C(Cc1ccc(OCCN2CCOCC2)cc1)CC(O)CN1CC[C@@H]2CCCC[C@@H]2C1. The Morgan fingerprint density at radius 1 is 1.06 bits per heavy atom. The number of primary amides is 1. The molecule has 4 rings (SSSR count). The Morgan fingerprint density at radius 2 is 1.79 bits per heavy atom. The zero-order chi connectivity index (χ0) is 23.8. The molecule has 34 heavy (non-hydrogen) atoms. The maximum Gasteiger partial charge on any atom is 0.220 e. The molecule has 4 atom stereocenters. The maximum absolute atomic E-state index is 12.1. The van der Waals surface area contributed by atoms with Crippen LogP contribution in [0, 0.1) is 17.8 Å². The summed E-state index contributed by atoms with van der Waals surface area (Å²) in [5.74, 6) is 1.80. The van der Waals surface area contributed by atoms with E-state index in [-0.39, 0.29) is 11.8 Å². The Bertz CT molecular complexity index is 753. The quantitative estimate of drug-likeness (QED) is 0.513. The van der Waals surface area contributed by atoms with Gasteiger partial charge in [0.25, 0.3) is 0 Å². The summed E-state index contributed by atoms with van der Waals surface area (Å²) in [5, 5.41) is 10.8. The lowest BCUT2D eigenvalue weighted by Gasteiger charge is -2.42. The highest BCUT2D eigenvalue weighted by Gasteiger charge is 2.32. The molecule has 0 spiro atoms. The van der Waals surface area contributed by atoms with E-state index in [0.717, 1.165) is 69.1 Å². The van der Waals surface area contributed by atoms with Gasteiger partial charge in [-0.3, -0.25) is 9.69 Å². The first kappa shape index (κ1) is 25.4. The molecule has 2 unspecified atom stereocenters. The maximum atomic E-state index is 12.1. The number of β-amino-alcohol motifs (C(OH)–C–C–N with tert-alkyl or cyclic N) is 1. The summed E-state index contributed by atoms with van der Waals surface area (Å²) in [6, 6.07) is 7.91. The van der Waals surface area contributed by atoms with Crippen LogP contribution in [-0.4, -0.2) is 86.0 Å². The molecule has 7 heteroatoms. The van der Waals surface area contributed by atoms with Gasteiger partial charge in [-0.25, -0.2) is 0 Å². The van der Waals surface area contributed by atoms with Crippen LogP contribution in [0.4, 0.5) is 0 Å². The standard InChI is InChI=1S/C27H43N3O4/c28-27(32)24(18-25(31)20-30-10-9-22-3-1-2-4-23(22)19-30)17-21-5-7-26(8-6-21)34-16-13-29-11-14-33-15-12-29/h5-8,22-25,31H,1-4,9-20H2,(H2,28,32)/t22-,23+,24?,25?/m0/s1. The summed E-state index contributed by atoms with van der Waals surface area (Å²) in [7, 11) is 0. The predicted molar refractivity (Wildman–Crippen MR) is 133 cm³/mol. The second-order valence-corrected chi connectivity index (χ2v) is 10.5. The number of amides is 1. The lowest BCUT2D eigenvalue weighted by molar-refractivity contribution is -0.122. The molecule has 2 aliphatic heterocycles. The number of aliphatic hydroxyl groups excluding tert-OH is 1. The Balaban J connectivity index is 1.20. The fourth-order valence-electron chi connectivity index (χ4n) is 5.97. The molecule has 3 N–H and O–H groups in total. The van der Waals surface area contributed by atoms with Gasteiger partial charge < -0.3 is 25.2 Å². The van der Waals surface area contributed by atoms with E-state index in [9.17, 15) is 9.90 Å². The molecule has 0 bridgehead atoms. The smallest absolute Gasteiger partial charge is 0.220 e. The molecule has 1 aromatic carbocycles. The molecule has 1 saturated carbocycles. The van der Waals surface area contributed by atoms with E-state index < -0.39 is 6.10 Å². The van der Waals surface area contributed by atoms with E-state index in [1.54, 1.807) is 0 Å². The number of piperidine rings is 1. The summed E-state index contributed by atoms with van der Waals surface area (Å²) in [6.07, 6.45) is 7.11. The van der Waals surface area contributed by atoms with Gasteiger partial charge in [0.15, 0.2) is 0 Å². The minimum Gasteiger partial charge on any atom is -0.492 e. The highest BCUT2D eigenvalue weighted by Crippen LogP contribution is 2.36. The topological polar surface area (TPSA) is 88.3 Å². The fourth-order valence-corrected chi connectivity index (χ4v) is 5.97. The molecular weight excluding hydrogens is 430 g/mol. The molecule has 0 radical (unpaired) electrons. The van der Waals surface area contributed by atoms with Crippen LogP contribution in [0.15, 0.2) is 24.3 Å². The van der Waals surface area contributed by atoms with Crippen molar-refractivity contribution in [3.63, 3.8) is 0 Å². The van der Waals surface area contributed by atoms with Crippen molar-refractivity contribution in [1.29, 1.82) is 0 Å². The number of hydrogen-bond acceptors (Lipinski definition) is 6. The third-order valence-electron chi connectivity index (χ3n) is 7.99. The molecule has 1 aromatic rings. The lowest BCUT2D eigenvalue weighted by Crippen LogP contribution is -2.45. The molecule has 3 fully saturated rings. The molecule has 2 saturated heterocycles. The molecule has 2 heterocycles. The molecule has 1 aliphatic carbocycles. The number of carbonyl (C=O) groups excluding carboxylic acids is 1. The number of benzene rings is 1. The average Bonchev–Trinajstić information content (AvgIpc) is 2.85. The number of hydrogen-bond donors (Lipinski definition) is 2. The van der Waals surface area contributed by atoms with Gasteiger partial charge in [-0.2, -0.15) is 0 Å². The van der Waals surface area contributed by atoms with Crippen molar-refractivity contribution >= 4 is 5.91 Å². The Labute approximate surface area is 204 Å². The lowest BCUT2D eigenvalue weighted by atomic mass is 9.75. The van der Waals surface area contributed by atoms with Gasteiger partial charge in [-0.05, 0) is 61.8 Å². The van der Waals surface area contributed by atoms with Crippen LogP contribution in [-0.2, 0) is 16.0 Å². The number of ether oxygens (including phenoxy) is 2. The Hall–Kier alpha value is -1.67. The van der Waals surface area contributed by atoms with Crippen LogP contribution < -0.4 is 10.5 Å². The Morgan fingerprint density at radius 3 is 2.53 bits per heavy atom. The molecule has 3 aliphatic rings. The predicted octanol–water partition coefficient (Wildman–Crippen LogP) is 2.30. The van der Waals surface area contributed by atoms with Crippen LogP contribution >= 0.6 is 0 Å². The highest BCUT2D eigenvalue weighted by atomic mass is 16.5. The van der Waals surface area contributed by atoms with Gasteiger partial charge in [0.1, 0.15) is 12.4 Å². The van der Waals surface area contributed by atoms with Crippen molar-refractivity contribution in [3.8, 4) is 5.75 Å². The first-order valence-corrected chi connectivity index (χ1v) is 13.3. The second kappa shape index (κ2) is 12.9. The van der Waals surface area contributed by atoms with Gasteiger partial charge >= 0.3 is 0 Å². The van der Waals surface area contributed by atoms with Crippen molar-refractivity contribution < 1.29 is 19.4 Å². The normalized spacial score (nSPS) is 25.9. The number of nitrogens with zero attached hydrogens (tertiary/aromatic N) is 2. The minimum absolute atomic E-state index is 0.337. The summed E-state index contributed by atoms with van der Waals surface area (Å²) < 4.78 is 11.3. The van der Waals surface area contributed by atoms with Crippen molar-refractivity contribution in [2.24, 2.45) is 23.5 Å². The second-order valence-electron chi connectivity index (χ2n) is 10.5. The number of fused-ring (bicyclic) bond motifs is 1. The Kier molecular flexibility index (Phi) is 9.62. The van der Waals surface area contributed by atoms with Crippen molar-refractivity contribution in [2.75, 3.05) is 59.1 Å². The molecular formula is C27H43N3O4. The number of likely N-dealkylation sites (tertiary alicyclic amines) is 1. The van der Waals surface area contributed by atoms with E-state index in [1.807, 2.05) is 24.3 Å². The fraction of sp³-hybridized carbons (Fsp3) is 0.741. The van der Waals surface area contributed by atoms with E-state index >= 15 is 0 Å². The van der Waals surface area contributed by atoms with Crippen LogP contribution in [0.1, 0.15) is 44.1 Å². The number of nitrogens with two attached hydrogens (primary N) is 1. The van der Waals surface area contributed by atoms with Gasteiger partial charge in [0.2, 0.25) is 5.91 Å². The number of carbonyl (C=O) groups is 1. The molecule has 1 amide bonds. The third-order valence-corrected chi connectivity index (χ3v) is 7.99. The summed E-state index contributed by atoms with van der Waals surface area (Å²) in [6.45, 7) is 7.85. The van der Waals surface area contributed by atoms with Crippen LogP contribution in [0.3, 0.4) is 0 Å². The zero-order valence-electron chi connectivity index (χ0n) is 20.6. The van der Waals surface area contributed by atoms with Crippen LogP contribution in [0.2, 0.25) is 0 Å². The van der Waals surface area contributed by atoms with E-state index in [1.165, 1.54) is 32.1 Å². The first-order chi connectivity index (χ1) is 16.6. The minimum atomic E-state index is -0.527. The van der Waals surface area contributed by atoms with Gasteiger partial charge in [-0.15, -0.1) is 0 Å². The number of aliphatic hydroxyl groups is 1. The summed E-state index contributed by atoms with van der Waals surface area (Å²) >= 11 is 0. The van der Waals surface area contributed by atoms with Crippen molar-refractivity contribution in [2.45, 2.75) is 51.0 Å². The molecule has 190 valence electrons. The monoisotopic (exact) mass is 473 g/mol. The van der Waals surface area contributed by atoms with Crippen molar-refractivity contribution in [3.05, 3.63) is 29.8 Å². The molecule has 7 nitrogen and oxygen atoms in total. The molecule has 0 aromatic heterocycles.